The summed E-state index contributed by atoms with van der Waals surface area (Å²) >= 11 is 0. The van der Waals surface area contributed by atoms with Crippen molar-refractivity contribution >= 4 is 17.5 Å². The summed E-state index contributed by atoms with van der Waals surface area (Å²) in [6.07, 6.45) is 4.57. The van der Waals surface area contributed by atoms with Crippen LogP contribution in [0.4, 0.5) is 5.69 Å². The molecule has 2 amide bonds. The van der Waals surface area contributed by atoms with Crippen molar-refractivity contribution in [1.29, 1.82) is 0 Å². The van der Waals surface area contributed by atoms with Gasteiger partial charge in [-0.05, 0) is 31.9 Å². The lowest BCUT2D eigenvalue weighted by Gasteiger charge is -2.23. The van der Waals surface area contributed by atoms with Crippen molar-refractivity contribution in [2.45, 2.75) is 45.1 Å². The Labute approximate surface area is 163 Å². The van der Waals surface area contributed by atoms with Gasteiger partial charge in [0, 0.05) is 26.1 Å². The quantitative estimate of drug-likeness (QED) is 0.881. The Morgan fingerprint density at radius 1 is 1.11 bits per heavy atom. The van der Waals surface area contributed by atoms with Gasteiger partial charge in [0.05, 0.1) is 17.3 Å². The van der Waals surface area contributed by atoms with Gasteiger partial charge in [-0.2, -0.15) is 0 Å². The number of nitrogens with one attached hydrogen (secondary N) is 1. The largest absolute Gasteiger partial charge is 0.339 e. The van der Waals surface area contributed by atoms with E-state index in [0.717, 1.165) is 31.4 Å². The molecular formula is C21H26N4O3. The molecule has 0 bridgehead atoms. The van der Waals surface area contributed by atoms with Gasteiger partial charge < -0.3 is 10.2 Å². The third-order valence-electron chi connectivity index (χ3n) is 6.10. The molecule has 2 aromatic rings. The molecule has 0 radical (unpaired) electrons. The Kier molecular flexibility index (Phi) is 4.83. The van der Waals surface area contributed by atoms with Crippen LogP contribution in [-0.4, -0.2) is 38.7 Å². The molecule has 0 unspecified atom stereocenters. The maximum absolute atomic E-state index is 12.9. The van der Waals surface area contributed by atoms with Crippen molar-refractivity contribution in [2.24, 2.45) is 13.0 Å². The fourth-order valence-corrected chi connectivity index (χ4v) is 4.41. The molecule has 1 N–H and O–H groups in total. The van der Waals surface area contributed by atoms with Gasteiger partial charge in [0.25, 0.3) is 5.56 Å². The number of nitrogens with zero attached hydrogens (tertiary/aromatic N) is 3. The van der Waals surface area contributed by atoms with Crippen LogP contribution in [0.15, 0.2) is 35.1 Å². The first-order valence-corrected chi connectivity index (χ1v) is 9.91. The Morgan fingerprint density at radius 2 is 1.79 bits per heavy atom. The minimum Gasteiger partial charge on any atom is -0.339 e. The molecule has 1 saturated carbocycles. The average Bonchev–Trinajstić information content (AvgIpc) is 3.39. The summed E-state index contributed by atoms with van der Waals surface area (Å²) in [5, 5.41) is 2.81. The van der Waals surface area contributed by atoms with Gasteiger partial charge in [0.1, 0.15) is 5.69 Å². The third kappa shape index (κ3) is 3.15. The summed E-state index contributed by atoms with van der Waals surface area (Å²) in [4.78, 5) is 40.0. The van der Waals surface area contributed by atoms with Gasteiger partial charge in [-0.3, -0.25) is 19.1 Å². The predicted molar refractivity (Wildman–Crippen MR) is 106 cm³/mol. The average molecular weight is 382 g/mol. The maximum Gasteiger partial charge on any atom is 0.295 e. The van der Waals surface area contributed by atoms with Crippen LogP contribution in [0.2, 0.25) is 0 Å². The first-order valence-electron chi connectivity index (χ1n) is 9.91. The molecule has 1 saturated heterocycles. The molecule has 1 aliphatic carbocycles. The molecule has 148 valence electrons. The number of hydrogen-bond acceptors (Lipinski definition) is 3. The summed E-state index contributed by atoms with van der Waals surface area (Å²) in [6, 6.07) is 9.59. The molecule has 1 atom stereocenters. The predicted octanol–water partition coefficient (Wildman–Crippen LogP) is 2.21. The standard InChI is InChI=1S/C21H26N4O3/c1-14-19(21(28)25(23(14)2)17-10-4-3-5-11-17)22-20(27)15-12-18(26)24(13-15)16-8-6-7-9-16/h3-5,10-11,15-16H,6-9,12-13H2,1-2H3,(H,22,27)/t15-/m1/s1. The molecular weight excluding hydrogens is 356 g/mol. The van der Waals surface area contributed by atoms with E-state index in [1.54, 1.807) is 18.7 Å². The van der Waals surface area contributed by atoms with Crippen LogP contribution in [0.1, 0.15) is 37.8 Å². The van der Waals surface area contributed by atoms with Gasteiger partial charge in [0.2, 0.25) is 11.8 Å². The first-order chi connectivity index (χ1) is 13.5. The van der Waals surface area contributed by atoms with E-state index in [0.29, 0.717) is 12.2 Å². The van der Waals surface area contributed by atoms with E-state index in [-0.39, 0.29) is 35.5 Å². The SMILES string of the molecule is Cc1c(NC(=O)[C@@H]2CC(=O)N(C3CCCC3)C2)c(=O)n(-c2ccccc2)n1C. The van der Waals surface area contributed by atoms with E-state index < -0.39 is 5.92 Å². The van der Waals surface area contributed by atoms with Crippen LogP contribution in [0.5, 0.6) is 0 Å². The van der Waals surface area contributed by atoms with Gasteiger partial charge in [-0.15, -0.1) is 0 Å². The molecule has 4 rings (SSSR count). The van der Waals surface area contributed by atoms with Gasteiger partial charge >= 0.3 is 0 Å². The molecule has 2 aliphatic rings. The monoisotopic (exact) mass is 382 g/mol. The summed E-state index contributed by atoms with van der Waals surface area (Å²) < 4.78 is 3.27. The maximum atomic E-state index is 12.9. The van der Waals surface area contributed by atoms with Crippen molar-refractivity contribution in [3.05, 3.63) is 46.4 Å². The smallest absolute Gasteiger partial charge is 0.295 e. The van der Waals surface area contributed by atoms with Gasteiger partial charge in [-0.25, -0.2) is 4.68 Å². The van der Waals surface area contributed by atoms with Crippen LogP contribution in [0.25, 0.3) is 5.69 Å². The fraction of sp³-hybridized carbons (Fsp3) is 0.476. The molecule has 1 aliphatic heterocycles. The van der Waals surface area contributed by atoms with E-state index >= 15 is 0 Å². The zero-order valence-electron chi connectivity index (χ0n) is 16.4. The van der Waals surface area contributed by atoms with Crippen molar-refractivity contribution in [3.8, 4) is 5.69 Å². The minimum atomic E-state index is -0.405. The number of aromatic nitrogens is 2. The highest BCUT2D eigenvalue weighted by atomic mass is 16.2. The molecule has 7 heteroatoms. The van der Waals surface area contributed by atoms with Crippen LogP contribution in [0.3, 0.4) is 0 Å². The van der Waals surface area contributed by atoms with E-state index in [9.17, 15) is 14.4 Å². The highest BCUT2D eigenvalue weighted by Gasteiger charge is 2.39. The number of para-hydroxylation sites is 1. The van der Waals surface area contributed by atoms with Crippen molar-refractivity contribution in [1.82, 2.24) is 14.3 Å². The fourth-order valence-electron chi connectivity index (χ4n) is 4.41. The second-order valence-corrected chi connectivity index (χ2v) is 7.81. The molecule has 0 spiro atoms. The minimum absolute atomic E-state index is 0.0542. The molecule has 28 heavy (non-hydrogen) atoms. The Balaban J connectivity index is 1.54. The summed E-state index contributed by atoms with van der Waals surface area (Å²) in [5.41, 5.74) is 1.43. The Morgan fingerprint density at radius 3 is 2.46 bits per heavy atom. The number of likely N-dealkylation sites (tertiary alicyclic amines) is 1. The Hall–Kier alpha value is -2.83. The third-order valence-corrected chi connectivity index (χ3v) is 6.10. The zero-order valence-corrected chi connectivity index (χ0v) is 16.4. The molecule has 1 aromatic carbocycles. The van der Waals surface area contributed by atoms with Crippen LogP contribution in [-0.2, 0) is 16.6 Å². The zero-order chi connectivity index (χ0) is 19.8. The number of anilines is 1. The van der Waals surface area contributed by atoms with E-state index in [1.165, 1.54) is 4.68 Å². The lowest BCUT2D eigenvalue weighted by Crippen LogP contribution is -2.35. The Bertz CT molecular complexity index is 954. The first kappa shape index (κ1) is 18.5. The highest BCUT2D eigenvalue weighted by Crippen LogP contribution is 2.30. The number of carbonyl (C=O) groups excluding carboxylic acids is 2. The van der Waals surface area contributed by atoms with E-state index in [1.807, 2.05) is 35.2 Å². The van der Waals surface area contributed by atoms with Crippen molar-refractivity contribution in [3.63, 3.8) is 0 Å². The van der Waals surface area contributed by atoms with Crippen LogP contribution >= 0.6 is 0 Å². The number of benzene rings is 1. The second-order valence-electron chi connectivity index (χ2n) is 7.81. The lowest BCUT2D eigenvalue weighted by molar-refractivity contribution is -0.129. The topological polar surface area (TPSA) is 76.3 Å². The highest BCUT2D eigenvalue weighted by molar-refractivity contribution is 5.97. The number of amides is 2. The molecule has 7 nitrogen and oxygen atoms in total. The number of rotatable bonds is 4. The number of carbonyl (C=O) groups is 2. The normalized spacial score (nSPS) is 20.1. The number of hydrogen-bond donors (Lipinski definition) is 1. The van der Waals surface area contributed by atoms with Crippen LogP contribution < -0.4 is 10.9 Å². The summed E-state index contributed by atoms with van der Waals surface area (Å²) in [6.45, 7) is 2.26. The van der Waals surface area contributed by atoms with Gasteiger partial charge in [0.15, 0.2) is 0 Å². The second kappa shape index (κ2) is 7.30. The summed E-state index contributed by atoms with van der Waals surface area (Å²) in [7, 11) is 1.79. The van der Waals surface area contributed by atoms with Crippen molar-refractivity contribution < 1.29 is 9.59 Å². The molecule has 1 aromatic heterocycles. The molecule has 2 heterocycles. The summed E-state index contributed by atoms with van der Waals surface area (Å²) in [5.74, 6) is -0.601. The van der Waals surface area contributed by atoms with Crippen LogP contribution in [0, 0.1) is 12.8 Å². The van der Waals surface area contributed by atoms with Crippen molar-refractivity contribution in [2.75, 3.05) is 11.9 Å². The van der Waals surface area contributed by atoms with E-state index in [2.05, 4.69) is 5.32 Å². The molecule has 2 fully saturated rings. The van der Waals surface area contributed by atoms with Gasteiger partial charge in [-0.1, -0.05) is 31.0 Å². The van der Waals surface area contributed by atoms with E-state index in [4.69, 9.17) is 0 Å². The lowest BCUT2D eigenvalue weighted by atomic mass is 10.1.